The summed E-state index contributed by atoms with van der Waals surface area (Å²) in [6.45, 7) is 3.94. The predicted molar refractivity (Wildman–Crippen MR) is 54.8 cm³/mol. The number of fused-ring (bicyclic) bond motifs is 1. The molecule has 0 aromatic carbocycles. The molecule has 15 heavy (non-hydrogen) atoms. The fraction of sp³-hybridized carbons (Fsp3) is 0.600. The van der Waals surface area contributed by atoms with Crippen molar-refractivity contribution in [1.29, 1.82) is 0 Å². The van der Waals surface area contributed by atoms with Gasteiger partial charge in [-0.25, -0.2) is 4.98 Å². The minimum atomic E-state index is 0.153. The average Bonchev–Trinajstić information content (AvgIpc) is 2.56. The van der Waals surface area contributed by atoms with Gasteiger partial charge in [0.05, 0.1) is 5.69 Å². The summed E-state index contributed by atoms with van der Waals surface area (Å²) in [4.78, 5) is 4.32. The zero-order valence-electron chi connectivity index (χ0n) is 8.93. The molecule has 0 unspecified atom stereocenters. The topological polar surface area (TPSA) is 70.6 Å². The first-order chi connectivity index (χ1) is 7.15. The van der Waals surface area contributed by atoms with Crippen molar-refractivity contribution in [2.75, 3.05) is 0 Å². The van der Waals surface area contributed by atoms with Crippen LogP contribution < -0.4 is 0 Å². The molecule has 0 atom stereocenters. The summed E-state index contributed by atoms with van der Waals surface area (Å²) < 4.78 is 1.14. The van der Waals surface area contributed by atoms with E-state index in [4.69, 9.17) is 5.21 Å². The highest BCUT2D eigenvalue weighted by Crippen LogP contribution is 2.24. The second kappa shape index (κ2) is 3.56. The first-order valence-electron chi connectivity index (χ1n) is 5.17. The maximum atomic E-state index is 9.88. The monoisotopic (exact) mass is 209 g/mol. The van der Waals surface area contributed by atoms with Gasteiger partial charge < -0.3 is 10.4 Å². The summed E-state index contributed by atoms with van der Waals surface area (Å²) in [6.07, 6.45) is 2.39. The third-order valence-corrected chi connectivity index (χ3v) is 2.71. The molecule has 1 aromatic rings. The second-order valence-electron chi connectivity index (χ2n) is 4.13. The van der Waals surface area contributed by atoms with E-state index in [1.54, 1.807) is 0 Å². The van der Waals surface area contributed by atoms with Gasteiger partial charge in [0.1, 0.15) is 17.2 Å². The standard InChI is InChI=1S/C10H15N3O2/c1-6(2)10-11-9-7(12-14)4-3-5-8(9)13(10)15/h6,14-15H,3-5H2,1-2H3. The highest BCUT2D eigenvalue weighted by Gasteiger charge is 2.25. The Labute approximate surface area is 88.0 Å². The minimum Gasteiger partial charge on any atom is -0.427 e. The zero-order valence-corrected chi connectivity index (χ0v) is 8.93. The molecule has 2 rings (SSSR count). The van der Waals surface area contributed by atoms with Crippen molar-refractivity contribution in [2.45, 2.75) is 39.0 Å². The number of hydrogen-bond donors (Lipinski definition) is 2. The number of nitrogens with zero attached hydrogens (tertiary/aromatic N) is 3. The fourth-order valence-electron chi connectivity index (χ4n) is 1.93. The van der Waals surface area contributed by atoms with Crippen molar-refractivity contribution < 1.29 is 10.4 Å². The first kappa shape index (κ1) is 10.0. The molecule has 82 valence electrons. The quantitative estimate of drug-likeness (QED) is 0.420. The van der Waals surface area contributed by atoms with E-state index in [1.807, 2.05) is 13.8 Å². The summed E-state index contributed by atoms with van der Waals surface area (Å²) in [6, 6.07) is 0. The van der Waals surface area contributed by atoms with Gasteiger partial charge in [-0.2, -0.15) is 4.73 Å². The molecule has 0 spiro atoms. The van der Waals surface area contributed by atoms with Crippen LogP contribution in [0.2, 0.25) is 0 Å². The van der Waals surface area contributed by atoms with Crippen LogP contribution in [0.3, 0.4) is 0 Å². The molecule has 2 N–H and O–H groups in total. The van der Waals surface area contributed by atoms with Crippen LogP contribution in [0.15, 0.2) is 5.16 Å². The van der Waals surface area contributed by atoms with E-state index < -0.39 is 0 Å². The maximum Gasteiger partial charge on any atom is 0.148 e. The van der Waals surface area contributed by atoms with E-state index in [-0.39, 0.29) is 5.92 Å². The number of hydrogen-bond acceptors (Lipinski definition) is 4. The lowest BCUT2D eigenvalue weighted by atomic mass is 9.99. The van der Waals surface area contributed by atoms with Crippen LogP contribution in [0.1, 0.15) is 49.8 Å². The molecule has 0 bridgehead atoms. The van der Waals surface area contributed by atoms with Crippen molar-refractivity contribution in [3.05, 3.63) is 17.2 Å². The lowest BCUT2D eigenvalue weighted by Crippen LogP contribution is -2.14. The molecule has 1 aliphatic rings. The molecule has 1 aromatic heterocycles. The molecule has 5 nitrogen and oxygen atoms in total. The number of aromatic nitrogens is 2. The average molecular weight is 209 g/mol. The molecular weight excluding hydrogens is 194 g/mol. The molecule has 0 saturated carbocycles. The first-order valence-corrected chi connectivity index (χ1v) is 5.17. The Morgan fingerprint density at radius 3 is 2.73 bits per heavy atom. The summed E-state index contributed by atoms with van der Waals surface area (Å²) in [5.41, 5.74) is 1.98. The molecule has 0 aliphatic heterocycles. The van der Waals surface area contributed by atoms with Crippen molar-refractivity contribution in [3.8, 4) is 0 Å². The highest BCUT2D eigenvalue weighted by molar-refractivity contribution is 6.00. The smallest absolute Gasteiger partial charge is 0.148 e. The van der Waals surface area contributed by atoms with Gasteiger partial charge in [0.25, 0.3) is 0 Å². The zero-order chi connectivity index (χ0) is 11.0. The third kappa shape index (κ3) is 1.48. The van der Waals surface area contributed by atoms with E-state index >= 15 is 0 Å². The van der Waals surface area contributed by atoms with E-state index in [9.17, 15) is 5.21 Å². The van der Waals surface area contributed by atoms with Crippen molar-refractivity contribution >= 4 is 5.71 Å². The van der Waals surface area contributed by atoms with Crippen LogP contribution in [0.25, 0.3) is 0 Å². The van der Waals surface area contributed by atoms with Gasteiger partial charge >= 0.3 is 0 Å². The molecule has 1 aliphatic carbocycles. The molecule has 0 amide bonds. The normalized spacial score (nSPS) is 18.5. The van der Waals surface area contributed by atoms with Crippen LogP contribution in [0.4, 0.5) is 0 Å². The molecule has 5 heteroatoms. The van der Waals surface area contributed by atoms with Crippen LogP contribution in [-0.2, 0) is 6.42 Å². The number of oxime groups is 1. The number of imidazole rings is 1. The number of rotatable bonds is 1. The Bertz CT molecular complexity index is 407. The summed E-state index contributed by atoms with van der Waals surface area (Å²) in [7, 11) is 0. The van der Waals surface area contributed by atoms with E-state index in [0.29, 0.717) is 17.2 Å². The second-order valence-corrected chi connectivity index (χ2v) is 4.13. The third-order valence-electron chi connectivity index (χ3n) is 2.71. The summed E-state index contributed by atoms with van der Waals surface area (Å²) in [5, 5.41) is 21.9. The van der Waals surface area contributed by atoms with E-state index in [2.05, 4.69) is 10.1 Å². The van der Waals surface area contributed by atoms with Crippen molar-refractivity contribution in [3.63, 3.8) is 0 Å². The van der Waals surface area contributed by atoms with E-state index in [0.717, 1.165) is 29.7 Å². The molecular formula is C10H15N3O2. The van der Waals surface area contributed by atoms with Gasteiger partial charge in [-0.05, 0) is 19.3 Å². The van der Waals surface area contributed by atoms with Gasteiger partial charge in [-0.3, -0.25) is 0 Å². The largest absolute Gasteiger partial charge is 0.427 e. The fourth-order valence-corrected chi connectivity index (χ4v) is 1.93. The van der Waals surface area contributed by atoms with Gasteiger partial charge in [0, 0.05) is 5.92 Å². The Hall–Kier alpha value is -1.52. The Morgan fingerprint density at radius 2 is 2.13 bits per heavy atom. The molecule has 0 radical (unpaired) electrons. The van der Waals surface area contributed by atoms with Gasteiger partial charge in [0.2, 0.25) is 0 Å². The maximum absolute atomic E-state index is 9.88. The lowest BCUT2D eigenvalue weighted by Gasteiger charge is -2.11. The van der Waals surface area contributed by atoms with Crippen molar-refractivity contribution in [1.82, 2.24) is 9.71 Å². The van der Waals surface area contributed by atoms with Gasteiger partial charge in [-0.1, -0.05) is 19.0 Å². The SMILES string of the molecule is CC(C)c1nc2c(n1O)CCCC2=NO. The molecule has 1 heterocycles. The Balaban J connectivity index is 2.55. The Kier molecular flexibility index (Phi) is 2.38. The summed E-state index contributed by atoms with van der Waals surface area (Å²) in [5.74, 6) is 0.781. The molecule has 0 fully saturated rings. The van der Waals surface area contributed by atoms with Gasteiger partial charge in [0.15, 0.2) is 0 Å². The van der Waals surface area contributed by atoms with Crippen LogP contribution in [0.5, 0.6) is 0 Å². The minimum absolute atomic E-state index is 0.153. The van der Waals surface area contributed by atoms with Gasteiger partial charge in [-0.15, -0.1) is 0 Å². The van der Waals surface area contributed by atoms with Crippen LogP contribution >= 0.6 is 0 Å². The lowest BCUT2D eigenvalue weighted by molar-refractivity contribution is 0.163. The van der Waals surface area contributed by atoms with Crippen molar-refractivity contribution in [2.24, 2.45) is 5.16 Å². The predicted octanol–water partition coefficient (Wildman–Crippen LogP) is 1.76. The van der Waals surface area contributed by atoms with E-state index in [1.165, 1.54) is 0 Å². The van der Waals surface area contributed by atoms with Crippen LogP contribution in [0, 0.1) is 0 Å². The highest BCUT2D eigenvalue weighted by atomic mass is 16.5. The molecule has 0 saturated heterocycles. The Morgan fingerprint density at radius 1 is 1.40 bits per heavy atom. The van der Waals surface area contributed by atoms with Crippen LogP contribution in [-0.4, -0.2) is 25.8 Å². The summed E-state index contributed by atoms with van der Waals surface area (Å²) >= 11 is 0.